The summed E-state index contributed by atoms with van der Waals surface area (Å²) in [4.78, 5) is 0. The van der Waals surface area contributed by atoms with Crippen LogP contribution in [0.5, 0.6) is 0 Å². The normalized spacial score (nSPS) is 17.9. The molecule has 0 unspecified atom stereocenters. The monoisotopic (exact) mass is 227 g/mol. The SMILES string of the molecule is Cc1cc(C2(CN)CC2)c(C)c(F)c1Cl. The lowest BCUT2D eigenvalue weighted by atomic mass is 9.90. The molecule has 2 rings (SSSR count). The second kappa shape index (κ2) is 3.46. The number of aryl methyl sites for hydroxylation is 1. The third-order valence-electron chi connectivity index (χ3n) is 3.45. The van der Waals surface area contributed by atoms with Crippen LogP contribution in [0.4, 0.5) is 4.39 Å². The molecule has 1 aromatic carbocycles. The molecule has 3 heteroatoms. The van der Waals surface area contributed by atoms with Crippen molar-refractivity contribution in [1.82, 2.24) is 0 Å². The highest BCUT2D eigenvalue weighted by atomic mass is 35.5. The molecule has 0 amide bonds. The highest BCUT2D eigenvalue weighted by molar-refractivity contribution is 6.31. The van der Waals surface area contributed by atoms with E-state index in [4.69, 9.17) is 17.3 Å². The predicted molar refractivity (Wildman–Crippen MR) is 60.9 cm³/mol. The fourth-order valence-electron chi connectivity index (χ4n) is 2.13. The fraction of sp³-hybridized carbons (Fsp3) is 0.500. The Bertz CT molecular complexity index is 411. The Balaban J connectivity index is 2.58. The van der Waals surface area contributed by atoms with E-state index in [2.05, 4.69) is 0 Å². The summed E-state index contributed by atoms with van der Waals surface area (Å²) in [7, 11) is 0. The lowest BCUT2D eigenvalue weighted by Gasteiger charge is -2.18. The summed E-state index contributed by atoms with van der Waals surface area (Å²) < 4.78 is 13.8. The molecule has 1 aliphatic carbocycles. The molecule has 1 fully saturated rings. The van der Waals surface area contributed by atoms with Gasteiger partial charge in [0.1, 0.15) is 5.82 Å². The molecular weight excluding hydrogens is 213 g/mol. The molecule has 15 heavy (non-hydrogen) atoms. The summed E-state index contributed by atoms with van der Waals surface area (Å²) in [6.45, 7) is 4.21. The highest BCUT2D eigenvalue weighted by Gasteiger charge is 2.44. The molecule has 0 radical (unpaired) electrons. The molecule has 0 aromatic heterocycles. The van der Waals surface area contributed by atoms with Crippen molar-refractivity contribution in [3.63, 3.8) is 0 Å². The van der Waals surface area contributed by atoms with Gasteiger partial charge >= 0.3 is 0 Å². The van der Waals surface area contributed by atoms with Crippen LogP contribution in [0.3, 0.4) is 0 Å². The number of nitrogens with two attached hydrogens (primary N) is 1. The average Bonchev–Trinajstić information content (AvgIpc) is 3.01. The van der Waals surface area contributed by atoms with Gasteiger partial charge in [0.05, 0.1) is 5.02 Å². The molecule has 2 N–H and O–H groups in total. The van der Waals surface area contributed by atoms with E-state index in [1.807, 2.05) is 13.0 Å². The van der Waals surface area contributed by atoms with Gasteiger partial charge in [0.15, 0.2) is 0 Å². The second-order valence-electron chi connectivity index (χ2n) is 4.48. The lowest BCUT2D eigenvalue weighted by Crippen LogP contribution is -2.21. The van der Waals surface area contributed by atoms with Crippen molar-refractivity contribution < 1.29 is 4.39 Å². The maximum atomic E-state index is 13.8. The van der Waals surface area contributed by atoms with Crippen LogP contribution in [-0.4, -0.2) is 6.54 Å². The fourth-order valence-corrected chi connectivity index (χ4v) is 2.33. The van der Waals surface area contributed by atoms with Crippen molar-refractivity contribution in [1.29, 1.82) is 0 Å². The van der Waals surface area contributed by atoms with Gasteiger partial charge in [-0.2, -0.15) is 0 Å². The van der Waals surface area contributed by atoms with E-state index in [1.54, 1.807) is 6.92 Å². The van der Waals surface area contributed by atoms with Gasteiger partial charge in [0.25, 0.3) is 0 Å². The molecule has 1 nitrogen and oxygen atoms in total. The third kappa shape index (κ3) is 1.56. The predicted octanol–water partition coefficient (Wildman–Crippen LogP) is 3.09. The maximum Gasteiger partial charge on any atom is 0.145 e. The van der Waals surface area contributed by atoms with Gasteiger partial charge in [-0.25, -0.2) is 4.39 Å². The molecule has 1 aromatic rings. The first-order valence-electron chi connectivity index (χ1n) is 5.17. The number of benzene rings is 1. The number of rotatable bonds is 2. The molecule has 0 heterocycles. The van der Waals surface area contributed by atoms with Crippen molar-refractivity contribution in [3.8, 4) is 0 Å². The summed E-state index contributed by atoms with van der Waals surface area (Å²) in [5.41, 5.74) is 8.29. The maximum absolute atomic E-state index is 13.8. The van der Waals surface area contributed by atoms with Gasteiger partial charge in [-0.1, -0.05) is 17.7 Å². The number of halogens is 2. The van der Waals surface area contributed by atoms with Gasteiger partial charge < -0.3 is 5.73 Å². The van der Waals surface area contributed by atoms with Crippen LogP contribution >= 0.6 is 11.6 Å². The molecule has 0 spiro atoms. The standard InChI is InChI=1S/C12H15ClFN/c1-7-5-9(12(6-15)3-4-12)8(2)11(14)10(7)13/h5H,3-4,6,15H2,1-2H3. The van der Waals surface area contributed by atoms with Crippen molar-refractivity contribution in [3.05, 3.63) is 33.6 Å². The summed E-state index contributed by atoms with van der Waals surface area (Å²) in [5, 5.41) is 0.240. The van der Waals surface area contributed by atoms with E-state index >= 15 is 0 Å². The Morgan fingerprint density at radius 3 is 2.53 bits per heavy atom. The quantitative estimate of drug-likeness (QED) is 0.826. The van der Waals surface area contributed by atoms with Crippen molar-refractivity contribution in [2.75, 3.05) is 6.54 Å². The Kier molecular flexibility index (Phi) is 2.52. The Morgan fingerprint density at radius 2 is 2.07 bits per heavy atom. The van der Waals surface area contributed by atoms with Crippen molar-refractivity contribution >= 4 is 11.6 Å². The minimum Gasteiger partial charge on any atom is -0.330 e. The molecule has 0 atom stereocenters. The molecule has 0 bridgehead atoms. The van der Waals surface area contributed by atoms with E-state index in [-0.39, 0.29) is 16.3 Å². The van der Waals surface area contributed by atoms with Gasteiger partial charge in [0, 0.05) is 12.0 Å². The first kappa shape index (κ1) is 10.9. The van der Waals surface area contributed by atoms with E-state index in [0.717, 1.165) is 24.0 Å². The summed E-state index contributed by atoms with van der Waals surface area (Å²) >= 11 is 5.86. The summed E-state index contributed by atoms with van der Waals surface area (Å²) in [6.07, 6.45) is 2.12. The zero-order valence-electron chi connectivity index (χ0n) is 9.03. The molecule has 82 valence electrons. The Hall–Kier alpha value is -0.600. The van der Waals surface area contributed by atoms with Crippen LogP contribution in [0.15, 0.2) is 6.07 Å². The van der Waals surface area contributed by atoms with Gasteiger partial charge in [-0.05, 0) is 43.4 Å². The molecule has 0 saturated heterocycles. The second-order valence-corrected chi connectivity index (χ2v) is 4.86. The van der Waals surface area contributed by atoms with E-state index in [9.17, 15) is 4.39 Å². The minimum atomic E-state index is -0.286. The van der Waals surface area contributed by atoms with Crippen LogP contribution in [0.2, 0.25) is 5.02 Å². The zero-order valence-corrected chi connectivity index (χ0v) is 9.79. The van der Waals surface area contributed by atoms with Crippen LogP contribution in [0.25, 0.3) is 0 Å². The number of hydrogen-bond acceptors (Lipinski definition) is 1. The van der Waals surface area contributed by atoms with Crippen molar-refractivity contribution in [2.45, 2.75) is 32.1 Å². The first-order valence-corrected chi connectivity index (χ1v) is 5.55. The molecule has 0 aliphatic heterocycles. The van der Waals surface area contributed by atoms with E-state index in [0.29, 0.717) is 12.1 Å². The smallest absolute Gasteiger partial charge is 0.145 e. The topological polar surface area (TPSA) is 26.0 Å². The van der Waals surface area contributed by atoms with Gasteiger partial charge in [-0.3, -0.25) is 0 Å². The van der Waals surface area contributed by atoms with Crippen LogP contribution in [0.1, 0.15) is 29.5 Å². The zero-order chi connectivity index (χ0) is 11.2. The van der Waals surface area contributed by atoms with Crippen LogP contribution in [-0.2, 0) is 5.41 Å². The summed E-state index contributed by atoms with van der Waals surface area (Å²) in [5.74, 6) is -0.286. The molecular formula is C12H15ClFN. The highest BCUT2D eigenvalue weighted by Crippen LogP contribution is 2.49. The largest absolute Gasteiger partial charge is 0.330 e. The van der Waals surface area contributed by atoms with E-state index < -0.39 is 0 Å². The van der Waals surface area contributed by atoms with Gasteiger partial charge in [0.2, 0.25) is 0 Å². The van der Waals surface area contributed by atoms with E-state index in [1.165, 1.54) is 0 Å². The molecule has 1 aliphatic rings. The average molecular weight is 228 g/mol. The molecule has 1 saturated carbocycles. The minimum absolute atomic E-state index is 0.0280. The van der Waals surface area contributed by atoms with Gasteiger partial charge in [-0.15, -0.1) is 0 Å². The summed E-state index contributed by atoms with van der Waals surface area (Å²) in [6, 6.07) is 1.99. The number of hydrogen-bond donors (Lipinski definition) is 1. The first-order chi connectivity index (χ1) is 7.02. The lowest BCUT2D eigenvalue weighted by molar-refractivity contribution is 0.603. The Morgan fingerprint density at radius 1 is 1.47 bits per heavy atom. The third-order valence-corrected chi connectivity index (χ3v) is 3.91. The van der Waals surface area contributed by atoms with Crippen LogP contribution < -0.4 is 5.73 Å². The van der Waals surface area contributed by atoms with Crippen LogP contribution in [0, 0.1) is 19.7 Å². The Labute approximate surface area is 94.4 Å². The van der Waals surface area contributed by atoms with Crippen molar-refractivity contribution in [2.24, 2.45) is 5.73 Å².